The third-order valence-electron chi connectivity index (χ3n) is 6.36. The summed E-state index contributed by atoms with van der Waals surface area (Å²) in [6.45, 7) is 0. The highest BCUT2D eigenvalue weighted by atomic mass is 32.2. The molecule has 0 aliphatic rings. The Labute approximate surface area is 244 Å². The second kappa shape index (κ2) is 12.2. The first-order valence-corrected chi connectivity index (χ1v) is 14.4. The molecule has 0 aliphatic carbocycles. The van der Waals surface area contributed by atoms with Crippen LogP contribution in [-0.4, -0.2) is 37.0 Å². The van der Waals surface area contributed by atoms with E-state index < -0.39 is 10.1 Å². The fraction of sp³-hybridized carbons (Fsp3) is 0.0938. The normalized spacial score (nSPS) is 11.0. The SMILES string of the molecule is CN(C)c1ccc(-c2cnc(-c3cc[n+](C)cc3)o2)cc1.O=S(=O)(O)c1ccc(-c2ncc(-c3ccccc3)o2)cc1. The molecule has 212 valence electrons. The molecule has 0 saturated heterocycles. The van der Waals surface area contributed by atoms with E-state index in [1.807, 2.05) is 92.7 Å². The molecule has 0 fully saturated rings. The van der Waals surface area contributed by atoms with Gasteiger partial charge in [-0.3, -0.25) is 4.55 Å². The van der Waals surface area contributed by atoms with Crippen molar-refractivity contribution in [2.75, 3.05) is 19.0 Å². The number of oxazole rings is 2. The van der Waals surface area contributed by atoms with Crippen LogP contribution in [0.4, 0.5) is 5.69 Å². The summed E-state index contributed by atoms with van der Waals surface area (Å²) in [5.41, 5.74) is 4.70. The van der Waals surface area contributed by atoms with Crippen LogP contribution in [0.5, 0.6) is 0 Å². The van der Waals surface area contributed by atoms with Gasteiger partial charge in [-0.05, 0) is 48.5 Å². The first-order chi connectivity index (χ1) is 20.2. The number of pyridine rings is 1. The van der Waals surface area contributed by atoms with E-state index in [1.165, 1.54) is 24.3 Å². The summed E-state index contributed by atoms with van der Waals surface area (Å²) in [5.74, 6) is 2.44. The van der Waals surface area contributed by atoms with E-state index in [0.29, 0.717) is 23.1 Å². The maximum atomic E-state index is 11.0. The van der Waals surface area contributed by atoms with Gasteiger partial charge in [0.1, 0.15) is 7.05 Å². The number of hydrogen-bond donors (Lipinski definition) is 1. The van der Waals surface area contributed by atoms with Crippen molar-refractivity contribution < 1.29 is 26.4 Å². The third kappa shape index (κ3) is 6.80. The highest BCUT2D eigenvalue weighted by molar-refractivity contribution is 7.85. The Hall–Kier alpha value is -5.06. The third-order valence-corrected chi connectivity index (χ3v) is 7.23. The van der Waals surface area contributed by atoms with Gasteiger partial charge in [-0.25, -0.2) is 14.5 Å². The molecule has 42 heavy (non-hydrogen) atoms. The quantitative estimate of drug-likeness (QED) is 0.184. The van der Waals surface area contributed by atoms with Crippen molar-refractivity contribution in [1.82, 2.24) is 9.97 Å². The molecule has 0 unspecified atom stereocenters. The predicted octanol–water partition coefficient (Wildman–Crippen LogP) is 6.15. The Balaban J connectivity index is 0.000000168. The van der Waals surface area contributed by atoms with Crippen molar-refractivity contribution in [3.8, 4) is 45.6 Å². The van der Waals surface area contributed by atoms with Gasteiger partial charge in [0.05, 0.1) is 17.3 Å². The molecule has 0 spiro atoms. The van der Waals surface area contributed by atoms with Crippen molar-refractivity contribution in [2.24, 2.45) is 7.05 Å². The number of aromatic nitrogens is 3. The Kier molecular flexibility index (Phi) is 8.28. The van der Waals surface area contributed by atoms with Gasteiger partial charge in [-0.15, -0.1) is 0 Å². The molecule has 10 heteroatoms. The van der Waals surface area contributed by atoms with E-state index in [2.05, 4.69) is 27.0 Å². The number of anilines is 1. The van der Waals surface area contributed by atoms with Crippen LogP contribution in [0.25, 0.3) is 45.6 Å². The lowest BCUT2D eigenvalue weighted by molar-refractivity contribution is -0.671. The molecule has 3 heterocycles. The van der Waals surface area contributed by atoms with Gasteiger partial charge in [0.15, 0.2) is 23.9 Å². The minimum atomic E-state index is -4.19. The summed E-state index contributed by atoms with van der Waals surface area (Å²) in [7, 11) is 1.84. The summed E-state index contributed by atoms with van der Waals surface area (Å²) in [5, 5.41) is 0. The Bertz CT molecular complexity index is 1860. The summed E-state index contributed by atoms with van der Waals surface area (Å²) >= 11 is 0. The summed E-state index contributed by atoms with van der Waals surface area (Å²) < 4.78 is 44.4. The van der Waals surface area contributed by atoms with Crippen LogP contribution in [0.1, 0.15) is 0 Å². The summed E-state index contributed by atoms with van der Waals surface area (Å²) in [4.78, 5) is 10.4. The van der Waals surface area contributed by atoms with Gasteiger partial charge < -0.3 is 13.7 Å². The van der Waals surface area contributed by atoms with E-state index in [9.17, 15) is 8.42 Å². The van der Waals surface area contributed by atoms with Gasteiger partial charge in [-0.1, -0.05) is 30.3 Å². The first kappa shape index (κ1) is 28.5. The smallest absolute Gasteiger partial charge is 0.294 e. The zero-order chi connectivity index (χ0) is 29.7. The van der Waals surface area contributed by atoms with Crippen LogP contribution >= 0.6 is 0 Å². The van der Waals surface area contributed by atoms with Crippen molar-refractivity contribution in [3.63, 3.8) is 0 Å². The monoisotopic (exact) mass is 581 g/mol. The van der Waals surface area contributed by atoms with Crippen LogP contribution in [0, 0.1) is 0 Å². The molecule has 0 atom stereocenters. The number of benzene rings is 3. The molecular weight excluding hydrogens is 552 g/mol. The number of aryl methyl sites for hydroxylation is 1. The van der Waals surface area contributed by atoms with E-state index in [-0.39, 0.29) is 4.90 Å². The zero-order valence-electron chi connectivity index (χ0n) is 23.2. The van der Waals surface area contributed by atoms with E-state index in [1.54, 1.807) is 12.4 Å². The van der Waals surface area contributed by atoms with Crippen molar-refractivity contribution >= 4 is 15.8 Å². The second-order valence-corrected chi connectivity index (χ2v) is 11.0. The van der Waals surface area contributed by atoms with Gasteiger partial charge in [0.25, 0.3) is 10.1 Å². The molecule has 9 nitrogen and oxygen atoms in total. The highest BCUT2D eigenvalue weighted by Crippen LogP contribution is 2.28. The molecule has 0 bridgehead atoms. The van der Waals surface area contributed by atoms with Gasteiger partial charge in [0.2, 0.25) is 11.8 Å². The maximum absolute atomic E-state index is 11.0. The van der Waals surface area contributed by atoms with Crippen LogP contribution in [0.2, 0.25) is 0 Å². The molecule has 6 aromatic rings. The molecule has 3 aromatic heterocycles. The molecule has 6 rings (SSSR count). The number of nitrogens with zero attached hydrogens (tertiary/aromatic N) is 4. The van der Waals surface area contributed by atoms with Crippen LogP contribution in [0.3, 0.4) is 0 Å². The van der Waals surface area contributed by atoms with Crippen molar-refractivity contribution in [1.29, 1.82) is 0 Å². The minimum absolute atomic E-state index is 0.166. The largest absolute Gasteiger partial charge is 0.436 e. The first-order valence-electron chi connectivity index (χ1n) is 13.0. The molecule has 0 saturated carbocycles. The Morgan fingerprint density at radius 3 is 1.64 bits per heavy atom. The molecule has 0 radical (unpaired) electrons. The van der Waals surface area contributed by atoms with E-state index in [4.69, 9.17) is 13.4 Å². The van der Waals surface area contributed by atoms with Gasteiger partial charge in [-0.2, -0.15) is 8.42 Å². The fourth-order valence-electron chi connectivity index (χ4n) is 4.02. The Morgan fingerprint density at radius 2 is 1.14 bits per heavy atom. The zero-order valence-corrected chi connectivity index (χ0v) is 24.1. The predicted molar refractivity (Wildman–Crippen MR) is 160 cm³/mol. The van der Waals surface area contributed by atoms with E-state index in [0.717, 1.165) is 28.1 Å². The Morgan fingerprint density at radius 1 is 0.667 bits per heavy atom. The average molecular weight is 582 g/mol. The van der Waals surface area contributed by atoms with Gasteiger partial charge >= 0.3 is 0 Å². The standard InChI is InChI=1S/C17H18N3O.C15H11NO4S/c1-19(2)15-6-4-13(5-7-15)16-12-18-17(21-16)14-8-10-20(3)11-9-14;17-21(18,19)13-8-6-12(7-9-13)15-16-10-14(20-15)11-4-2-1-3-5-11/h4-12H,1-3H3;1-10H,(H,17,18,19)/q+1;. The van der Waals surface area contributed by atoms with Crippen LogP contribution in [0.15, 0.2) is 130 Å². The fourth-order valence-corrected chi connectivity index (χ4v) is 4.50. The average Bonchev–Trinajstić information content (AvgIpc) is 3.69. The van der Waals surface area contributed by atoms with Crippen molar-refractivity contribution in [3.05, 3.63) is 116 Å². The lowest BCUT2D eigenvalue weighted by atomic mass is 10.1. The summed E-state index contributed by atoms with van der Waals surface area (Å²) in [6, 6.07) is 27.4. The lowest BCUT2D eigenvalue weighted by Gasteiger charge is -2.11. The minimum Gasteiger partial charge on any atom is -0.436 e. The molecule has 0 amide bonds. The molecule has 3 aromatic carbocycles. The molecule has 1 N–H and O–H groups in total. The van der Waals surface area contributed by atoms with E-state index >= 15 is 0 Å². The number of hydrogen-bond acceptors (Lipinski definition) is 7. The van der Waals surface area contributed by atoms with Crippen molar-refractivity contribution in [2.45, 2.75) is 4.90 Å². The maximum Gasteiger partial charge on any atom is 0.294 e. The second-order valence-electron chi connectivity index (χ2n) is 9.62. The topological polar surface area (TPSA) is 114 Å². The highest BCUT2D eigenvalue weighted by Gasteiger charge is 2.12. The molecular formula is C32H29N4O5S+. The summed E-state index contributed by atoms with van der Waals surface area (Å²) in [6.07, 6.45) is 7.34. The molecule has 0 aliphatic heterocycles. The van der Waals surface area contributed by atoms with Crippen LogP contribution in [-0.2, 0) is 17.2 Å². The van der Waals surface area contributed by atoms with Gasteiger partial charge in [0, 0.05) is 54.2 Å². The lowest BCUT2D eigenvalue weighted by Crippen LogP contribution is -2.25. The van der Waals surface area contributed by atoms with Crippen LogP contribution < -0.4 is 9.47 Å². The number of rotatable bonds is 6.